The van der Waals surface area contributed by atoms with Gasteiger partial charge in [-0.25, -0.2) is 0 Å². The minimum Gasteiger partial charge on any atom is -0.393 e. The molecule has 4 nitrogen and oxygen atoms in total. The van der Waals surface area contributed by atoms with Crippen LogP contribution in [0, 0.1) is 22.2 Å². The van der Waals surface area contributed by atoms with E-state index in [9.17, 15) is 10.2 Å². The van der Waals surface area contributed by atoms with Gasteiger partial charge in [0.25, 0.3) is 0 Å². The van der Waals surface area contributed by atoms with Gasteiger partial charge in [-0.2, -0.15) is 0 Å². The molecule has 146 valence electrons. The zero-order chi connectivity index (χ0) is 18.5. The Bertz CT molecular complexity index is 670. The highest BCUT2D eigenvalue weighted by atomic mass is 79.9. The Morgan fingerprint density at radius 2 is 1.96 bits per heavy atom. The number of fused-ring (bicyclic) bond motifs is 1. The van der Waals surface area contributed by atoms with E-state index in [0.29, 0.717) is 5.92 Å². The average molecular weight is 426 g/mol. The van der Waals surface area contributed by atoms with Crippen LogP contribution in [0.5, 0.6) is 0 Å². The molecule has 5 aliphatic carbocycles. The van der Waals surface area contributed by atoms with Gasteiger partial charge in [0, 0.05) is 18.6 Å². The first-order valence-electron chi connectivity index (χ1n) is 10.3. The number of nitrogens with two attached hydrogens (primary N) is 1. The number of ether oxygens (including phenoxy) is 1. The van der Waals surface area contributed by atoms with Gasteiger partial charge in [0.15, 0.2) is 0 Å². The Hall–Kier alpha value is 0.0600. The number of rotatable bonds is 1. The van der Waals surface area contributed by atoms with E-state index in [1.54, 1.807) is 0 Å². The molecule has 5 heteroatoms. The largest absolute Gasteiger partial charge is 0.393 e. The second-order valence-corrected chi connectivity index (χ2v) is 11.2. The Balaban J connectivity index is 1.68. The average Bonchev–Trinajstić information content (AvgIpc) is 3.10. The maximum atomic E-state index is 10.8. The summed E-state index contributed by atoms with van der Waals surface area (Å²) in [5, 5.41) is 21.4. The molecule has 5 rings (SSSR count). The molecule has 0 heterocycles. The molecule has 4 N–H and O–H groups in total. The molecule has 0 aliphatic heterocycles. The molecule has 2 spiro atoms. The van der Waals surface area contributed by atoms with Gasteiger partial charge in [-0.15, -0.1) is 0 Å². The topological polar surface area (TPSA) is 75.7 Å². The lowest BCUT2D eigenvalue weighted by molar-refractivity contribution is -0.187. The molecule has 4 fully saturated rings. The second-order valence-electron chi connectivity index (χ2n) is 10.2. The molecule has 0 amide bonds. The van der Waals surface area contributed by atoms with Crippen LogP contribution in [0.3, 0.4) is 0 Å². The minimum atomic E-state index is -0.531. The molecular weight excluding hydrogens is 394 g/mol. The predicted molar refractivity (Wildman–Crippen MR) is 104 cm³/mol. The van der Waals surface area contributed by atoms with Crippen molar-refractivity contribution in [3.8, 4) is 0 Å². The molecular formula is C21H32BrNO3. The molecule has 5 aliphatic rings. The van der Waals surface area contributed by atoms with E-state index in [2.05, 4.69) is 28.9 Å². The maximum Gasteiger partial charge on any atom is 0.0921 e. The van der Waals surface area contributed by atoms with Gasteiger partial charge in [0.2, 0.25) is 0 Å². The summed E-state index contributed by atoms with van der Waals surface area (Å²) in [6.45, 7) is 2.32. The van der Waals surface area contributed by atoms with Gasteiger partial charge >= 0.3 is 0 Å². The van der Waals surface area contributed by atoms with E-state index in [1.807, 2.05) is 7.11 Å². The Labute approximate surface area is 164 Å². The lowest BCUT2D eigenvalue weighted by Gasteiger charge is -2.63. The molecule has 0 aromatic heterocycles. The summed E-state index contributed by atoms with van der Waals surface area (Å²) in [4.78, 5) is -0.0724. The van der Waals surface area contributed by atoms with Crippen molar-refractivity contribution in [3.05, 3.63) is 11.6 Å². The lowest BCUT2D eigenvalue weighted by atomic mass is 9.45. The lowest BCUT2D eigenvalue weighted by Crippen LogP contribution is -2.63. The summed E-state index contributed by atoms with van der Waals surface area (Å²) < 4.78 is 6.36. The zero-order valence-electron chi connectivity index (χ0n) is 15.9. The van der Waals surface area contributed by atoms with Gasteiger partial charge in [-0.05, 0) is 73.7 Å². The van der Waals surface area contributed by atoms with E-state index in [4.69, 9.17) is 10.5 Å². The summed E-state index contributed by atoms with van der Waals surface area (Å²) in [5.41, 5.74) is 7.66. The van der Waals surface area contributed by atoms with Crippen LogP contribution in [0.1, 0.15) is 58.3 Å². The van der Waals surface area contributed by atoms with E-state index >= 15 is 0 Å². The molecule has 4 saturated carbocycles. The van der Waals surface area contributed by atoms with Crippen molar-refractivity contribution >= 4 is 15.9 Å². The van der Waals surface area contributed by atoms with E-state index in [1.165, 1.54) is 5.57 Å². The number of aliphatic hydroxyl groups excluding tert-OH is 2. The third-order valence-electron chi connectivity index (χ3n) is 9.56. The van der Waals surface area contributed by atoms with E-state index in [0.717, 1.165) is 51.4 Å². The summed E-state index contributed by atoms with van der Waals surface area (Å²) in [6, 6.07) is -0.175. The Kier molecular flexibility index (Phi) is 3.73. The number of alkyl halides is 1. The van der Waals surface area contributed by atoms with Crippen LogP contribution in [0.4, 0.5) is 0 Å². The molecule has 0 saturated heterocycles. The summed E-state index contributed by atoms with van der Waals surface area (Å²) in [5.74, 6) is 0.507. The van der Waals surface area contributed by atoms with Crippen molar-refractivity contribution in [2.75, 3.05) is 7.11 Å². The fraction of sp³-hybridized carbons (Fsp3) is 0.905. The van der Waals surface area contributed by atoms with Gasteiger partial charge in [0.1, 0.15) is 0 Å². The van der Waals surface area contributed by atoms with Gasteiger partial charge in [0.05, 0.1) is 22.6 Å². The van der Waals surface area contributed by atoms with Crippen LogP contribution in [0.15, 0.2) is 11.6 Å². The third kappa shape index (κ3) is 1.85. The van der Waals surface area contributed by atoms with Gasteiger partial charge < -0.3 is 20.7 Å². The molecule has 0 radical (unpaired) electrons. The highest BCUT2D eigenvalue weighted by Crippen LogP contribution is 2.76. The maximum absolute atomic E-state index is 10.8. The number of aliphatic hydroxyl groups is 2. The summed E-state index contributed by atoms with van der Waals surface area (Å²) in [7, 11) is 1.87. The number of hydrogen-bond acceptors (Lipinski definition) is 4. The van der Waals surface area contributed by atoms with Crippen LogP contribution in [-0.2, 0) is 4.74 Å². The standard InChI is InChI=1S/C21H32BrNO3/c1-18-5-8-21(26-2)9-12-16(22)17(25)13(23)10-19(12)6-7-20(21,11-19)14(18)3-4-15(18)24/h9,13-17,24-25H,3-8,10-11,23H2,1-2H3/t13-,14+,15-,16-,17+,18-,19-,20-,21-/m0/s1. The molecule has 9 atom stereocenters. The predicted octanol–water partition coefficient (Wildman–Crippen LogP) is 2.89. The van der Waals surface area contributed by atoms with E-state index < -0.39 is 6.10 Å². The second kappa shape index (κ2) is 5.35. The van der Waals surface area contributed by atoms with Crippen molar-refractivity contribution in [2.24, 2.45) is 27.9 Å². The van der Waals surface area contributed by atoms with Gasteiger partial charge in [-0.1, -0.05) is 28.9 Å². The summed E-state index contributed by atoms with van der Waals surface area (Å²) >= 11 is 3.78. The SMILES string of the molecule is CO[C@@]12C=C3[C@H](Br)[C@H](O)[C@@H](N)C[C@]34CC[C@]1(C4)[C@@H]1CC[C@H](O)[C@@]1(C)CC2. The smallest absolute Gasteiger partial charge is 0.0921 e. The summed E-state index contributed by atoms with van der Waals surface area (Å²) in [6.07, 6.45) is 9.96. The highest BCUT2D eigenvalue weighted by Gasteiger charge is 2.73. The third-order valence-corrected chi connectivity index (χ3v) is 10.6. The van der Waals surface area contributed by atoms with Gasteiger partial charge in [-0.3, -0.25) is 0 Å². The first-order chi connectivity index (χ1) is 12.2. The first kappa shape index (κ1) is 18.1. The first-order valence-corrected chi connectivity index (χ1v) is 11.2. The zero-order valence-corrected chi connectivity index (χ0v) is 17.5. The van der Waals surface area contributed by atoms with Crippen LogP contribution < -0.4 is 5.73 Å². The van der Waals surface area contributed by atoms with Crippen molar-refractivity contribution in [2.45, 2.75) is 87.0 Å². The van der Waals surface area contributed by atoms with Crippen molar-refractivity contribution < 1.29 is 14.9 Å². The quantitative estimate of drug-likeness (QED) is 0.445. The van der Waals surface area contributed by atoms with Crippen LogP contribution in [0.25, 0.3) is 0 Å². The van der Waals surface area contributed by atoms with E-state index in [-0.39, 0.29) is 38.8 Å². The number of halogens is 1. The Morgan fingerprint density at radius 1 is 1.19 bits per heavy atom. The van der Waals surface area contributed by atoms with Crippen LogP contribution in [-0.4, -0.2) is 46.0 Å². The van der Waals surface area contributed by atoms with Crippen LogP contribution >= 0.6 is 15.9 Å². The number of methoxy groups -OCH3 is 1. The van der Waals surface area contributed by atoms with Crippen LogP contribution in [0.2, 0.25) is 0 Å². The van der Waals surface area contributed by atoms with Crippen molar-refractivity contribution in [1.82, 2.24) is 0 Å². The fourth-order valence-corrected chi connectivity index (χ4v) is 9.24. The number of hydrogen-bond donors (Lipinski definition) is 3. The van der Waals surface area contributed by atoms with Crippen molar-refractivity contribution in [3.63, 3.8) is 0 Å². The molecule has 2 bridgehead atoms. The van der Waals surface area contributed by atoms with Crippen molar-refractivity contribution in [1.29, 1.82) is 0 Å². The minimum absolute atomic E-state index is 0.0169. The Morgan fingerprint density at radius 3 is 2.69 bits per heavy atom. The molecule has 26 heavy (non-hydrogen) atoms. The molecule has 0 aromatic carbocycles. The molecule has 0 unspecified atom stereocenters. The highest BCUT2D eigenvalue weighted by molar-refractivity contribution is 9.09. The normalized spacial score (nSPS) is 60.8. The fourth-order valence-electron chi connectivity index (χ4n) is 8.23. The molecule has 0 aromatic rings. The monoisotopic (exact) mass is 425 g/mol.